The number of likely N-dealkylation sites (N-methyl/N-ethyl adjacent to an activating group) is 1. The Hall–Kier alpha value is -2.01. The number of nitrogens with one attached hydrogen (secondary N) is 2. The Kier molecular flexibility index (Phi) is 2.50. The Morgan fingerprint density at radius 3 is 3.14 bits per heavy atom. The molecule has 1 aliphatic heterocycles. The van der Waals surface area contributed by atoms with Crippen LogP contribution in [0.5, 0.6) is 0 Å². The van der Waals surface area contributed by atoms with E-state index in [-0.39, 0.29) is 12.8 Å². The Labute approximate surface area is 131 Å². The van der Waals surface area contributed by atoms with Gasteiger partial charge in [0.2, 0.25) is 0 Å². The second-order valence-electron chi connectivity index (χ2n) is 5.35. The highest BCUT2D eigenvalue weighted by atomic mass is 16.6. The molecule has 0 radical (unpaired) electrons. The Morgan fingerprint density at radius 1 is 1.57 bits per heavy atom. The maximum absolute atomic E-state index is 11.4. The predicted octanol–water partition coefficient (Wildman–Crippen LogP) is 1.92. The first-order chi connectivity index (χ1) is 12.1. The first-order valence-corrected chi connectivity index (χ1v) is 6.88. The molecule has 2 aromatic rings. The van der Waals surface area contributed by atoms with Crippen LogP contribution in [0.1, 0.15) is 15.2 Å². The van der Waals surface area contributed by atoms with Crippen LogP contribution in [0.4, 0.5) is 4.79 Å². The molecular weight excluding hydrogens is 266 g/mol. The lowest BCUT2D eigenvalue weighted by Crippen LogP contribution is -2.28. The molecule has 0 unspecified atom stereocenters. The van der Waals surface area contributed by atoms with E-state index >= 15 is 0 Å². The van der Waals surface area contributed by atoms with Crippen molar-refractivity contribution in [2.45, 2.75) is 18.8 Å². The van der Waals surface area contributed by atoms with Crippen molar-refractivity contribution < 1.29 is 16.5 Å². The summed E-state index contributed by atoms with van der Waals surface area (Å²) in [6.45, 7) is 0.511. The van der Waals surface area contributed by atoms with Crippen LogP contribution in [0, 0.1) is 0 Å². The second-order valence-corrected chi connectivity index (χ2v) is 5.35. The quantitative estimate of drug-likeness (QED) is 0.885. The fourth-order valence-corrected chi connectivity index (χ4v) is 2.30. The van der Waals surface area contributed by atoms with Crippen LogP contribution in [-0.4, -0.2) is 49.3 Å². The van der Waals surface area contributed by atoms with Gasteiger partial charge in [0, 0.05) is 26.4 Å². The molecule has 1 amide bonds. The van der Waals surface area contributed by atoms with E-state index in [2.05, 4.69) is 0 Å². The molecule has 0 aliphatic carbocycles. The van der Waals surface area contributed by atoms with E-state index in [1.165, 1.54) is 0 Å². The number of nitrogens with zero attached hydrogens (tertiary/aromatic N) is 1. The molecule has 5 heteroatoms. The molecule has 1 aromatic carbocycles. The number of hydrogen-bond donors (Lipinski definition) is 2. The highest BCUT2D eigenvalue weighted by molar-refractivity contribution is 5.84. The number of H-pyrrole nitrogens is 1. The summed E-state index contributed by atoms with van der Waals surface area (Å²) in [6.07, 6.45) is -2.21. The summed E-state index contributed by atoms with van der Waals surface area (Å²) in [5.41, 5.74) is 1.51. The van der Waals surface area contributed by atoms with Gasteiger partial charge in [-0.15, -0.1) is 0 Å². The van der Waals surface area contributed by atoms with Crippen LogP contribution in [-0.2, 0) is 17.5 Å². The van der Waals surface area contributed by atoms with E-state index in [0.29, 0.717) is 40.3 Å². The van der Waals surface area contributed by atoms with Crippen molar-refractivity contribution in [2.24, 2.45) is 0 Å². The lowest BCUT2D eigenvalue weighted by atomic mass is 10.0. The molecule has 3 rings (SSSR count). The molecule has 5 nitrogen and oxygen atoms in total. The van der Waals surface area contributed by atoms with E-state index < -0.39 is 18.5 Å². The van der Waals surface area contributed by atoms with Gasteiger partial charge in [-0.1, -0.05) is 6.07 Å². The zero-order valence-electron chi connectivity index (χ0n) is 17.1. The highest BCUT2D eigenvalue weighted by Gasteiger charge is 2.22. The van der Waals surface area contributed by atoms with E-state index in [0.717, 1.165) is 4.98 Å². The SMILES string of the molecule is [2H]c1c(CCN(C)C)c2cc(C([2H])([2H])[C@H]3COC(=O)N3[2H])ccc2n1[2H]. The lowest BCUT2D eigenvalue weighted by Gasteiger charge is -2.09. The van der Waals surface area contributed by atoms with Crippen molar-refractivity contribution in [1.82, 2.24) is 15.2 Å². The maximum atomic E-state index is 11.4. The number of carbonyl (C=O) groups excluding carboxylic acids is 1. The Balaban J connectivity index is 2.05. The monoisotopic (exact) mass is 292 g/mol. The molecule has 1 aromatic heterocycles. The summed E-state index contributed by atoms with van der Waals surface area (Å²) < 4.78 is 45.6. The standard InChI is InChI=1S/C16H21N3O2/c1-19(2)6-5-12-9-17-15-4-3-11(8-14(12)15)7-13-10-21-16(20)18-13/h3-4,8-9,13,17H,5-7,10H2,1-2H3,(H,18,20)/t13-/m0/s1/i7D2,9D/hD2. The number of fused-ring (bicyclic) bond motifs is 1. The van der Waals surface area contributed by atoms with E-state index in [4.69, 9.17) is 11.7 Å². The average molecular weight is 292 g/mol. The molecule has 2 heterocycles. The number of benzene rings is 1. The zero-order chi connectivity index (χ0) is 19.2. The largest absolute Gasteiger partial charge is 0.447 e. The minimum absolute atomic E-state index is 0.0843. The second kappa shape index (κ2) is 5.77. The third-order valence-corrected chi connectivity index (χ3v) is 3.40. The fraction of sp³-hybridized carbons (Fsp3) is 0.438. The van der Waals surface area contributed by atoms with Crippen LogP contribution in [0.2, 0.25) is 2.82 Å². The summed E-state index contributed by atoms with van der Waals surface area (Å²) in [7, 11) is 3.85. The molecule has 0 spiro atoms. The summed E-state index contributed by atoms with van der Waals surface area (Å²) in [4.78, 5) is 14.4. The van der Waals surface area contributed by atoms with Crippen LogP contribution in [0.25, 0.3) is 10.9 Å². The first-order valence-electron chi connectivity index (χ1n) is 9.27. The number of hydrogen-bond acceptors (Lipinski definition) is 3. The molecule has 1 fully saturated rings. The average Bonchev–Trinajstić information content (AvgIpc) is 3.04. The number of aromatic amines is 1. The topological polar surface area (TPSA) is 57.4 Å². The number of rotatable bonds is 5. The molecule has 21 heavy (non-hydrogen) atoms. The molecule has 0 bridgehead atoms. The minimum Gasteiger partial charge on any atom is -0.447 e. The number of ether oxygens (including phenoxy) is 1. The van der Waals surface area contributed by atoms with Gasteiger partial charge in [0.05, 0.1) is 7.41 Å². The van der Waals surface area contributed by atoms with Crippen LogP contribution in [0.3, 0.4) is 0 Å². The number of amides is 1. The lowest BCUT2D eigenvalue weighted by molar-refractivity contribution is 0.177. The van der Waals surface area contributed by atoms with Crippen LogP contribution < -0.4 is 5.31 Å². The number of carbonyl (C=O) groups is 1. The number of aromatic nitrogens is 1. The summed E-state index contributed by atoms with van der Waals surface area (Å²) in [5, 5.41) is 1.18. The van der Waals surface area contributed by atoms with Crippen molar-refractivity contribution >= 4 is 17.0 Å². The van der Waals surface area contributed by atoms with E-state index in [1.807, 2.05) is 19.0 Å². The smallest absolute Gasteiger partial charge is 0.407 e. The first kappa shape index (κ1) is 9.10. The predicted molar refractivity (Wildman–Crippen MR) is 82.5 cm³/mol. The van der Waals surface area contributed by atoms with Gasteiger partial charge >= 0.3 is 6.09 Å². The van der Waals surface area contributed by atoms with Crippen molar-refractivity contribution in [3.8, 4) is 0 Å². The van der Waals surface area contributed by atoms with Crippen molar-refractivity contribution in [1.29, 1.82) is 0 Å². The normalized spacial score (nSPS) is 22.8. The summed E-state index contributed by atoms with van der Waals surface area (Å²) in [5.74, 6) is 0. The summed E-state index contributed by atoms with van der Waals surface area (Å²) >= 11 is 0. The molecule has 0 saturated carbocycles. The van der Waals surface area contributed by atoms with Gasteiger partial charge in [-0.05, 0) is 50.1 Å². The van der Waals surface area contributed by atoms with Crippen LogP contribution >= 0.6 is 0 Å². The molecule has 112 valence electrons. The van der Waals surface area contributed by atoms with Gasteiger partial charge in [-0.25, -0.2) is 4.79 Å². The summed E-state index contributed by atoms with van der Waals surface area (Å²) in [6, 6.07) is 3.73. The van der Waals surface area contributed by atoms with E-state index in [9.17, 15) is 4.79 Å². The molecule has 1 aliphatic rings. The van der Waals surface area contributed by atoms with Gasteiger partial charge in [-0.3, -0.25) is 0 Å². The van der Waals surface area contributed by atoms with Gasteiger partial charge in [0.15, 0.2) is 2.82 Å². The maximum Gasteiger partial charge on any atom is 0.407 e. The minimum atomic E-state index is -1.99. The molecular formula is C16H21N3O2. The molecule has 2 N–H and O–H groups in total. The Morgan fingerprint density at radius 2 is 2.43 bits per heavy atom. The van der Waals surface area contributed by atoms with Crippen molar-refractivity contribution in [3.63, 3.8) is 0 Å². The van der Waals surface area contributed by atoms with E-state index in [1.54, 1.807) is 18.2 Å². The Bertz CT molecular complexity index is 852. The fourth-order valence-electron chi connectivity index (χ4n) is 2.30. The molecule has 1 saturated heterocycles. The van der Waals surface area contributed by atoms with Gasteiger partial charge in [-0.2, -0.15) is 0 Å². The van der Waals surface area contributed by atoms with Crippen LogP contribution in [0.15, 0.2) is 24.4 Å². The third-order valence-electron chi connectivity index (χ3n) is 3.40. The van der Waals surface area contributed by atoms with Gasteiger partial charge < -0.3 is 19.9 Å². The number of alkyl carbamates (subject to hydrolysis) is 1. The number of cyclic esters (lactones) is 1. The zero-order valence-corrected chi connectivity index (χ0v) is 12.1. The van der Waals surface area contributed by atoms with Gasteiger partial charge in [0.25, 0.3) is 0 Å². The van der Waals surface area contributed by atoms with Gasteiger partial charge in [0.1, 0.15) is 6.61 Å². The van der Waals surface area contributed by atoms with Crippen molar-refractivity contribution in [3.05, 3.63) is 35.5 Å². The van der Waals surface area contributed by atoms with Crippen molar-refractivity contribution in [2.75, 3.05) is 27.2 Å². The third kappa shape index (κ3) is 3.19. The molecule has 1 atom stereocenters. The highest BCUT2D eigenvalue weighted by Crippen LogP contribution is 2.21.